The van der Waals surface area contributed by atoms with Crippen LogP contribution in [0.3, 0.4) is 0 Å². The number of likely N-dealkylation sites (tertiary alicyclic amines) is 1. The third kappa shape index (κ3) is 6.77. The van der Waals surface area contributed by atoms with E-state index in [-0.39, 0.29) is 48.4 Å². The fraction of sp³-hybridized carbons (Fsp3) is 0.440. The molecule has 1 aromatic carbocycles. The highest BCUT2D eigenvalue weighted by Gasteiger charge is 2.42. The van der Waals surface area contributed by atoms with E-state index >= 15 is 0 Å². The minimum Gasteiger partial charge on any atom is -0.463 e. The van der Waals surface area contributed by atoms with Gasteiger partial charge in [0.15, 0.2) is 10.8 Å². The van der Waals surface area contributed by atoms with E-state index in [0.717, 1.165) is 12.4 Å². The second-order valence-corrected chi connectivity index (χ2v) is 11.2. The molecule has 2 aromatic rings. The number of thioether (sulfide) groups is 1. The molecule has 1 aromatic heterocycles. The van der Waals surface area contributed by atoms with Crippen molar-refractivity contribution in [1.82, 2.24) is 15.2 Å². The molecule has 0 bridgehead atoms. The van der Waals surface area contributed by atoms with Gasteiger partial charge in [0.2, 0.25) is 0 Å². The number of nitrogens with one attached hydrogen (secondary N) is 1. The number of ether oxygens (including phenoxy) is 1. The number of piperidine rings is 1. The molecule has 1 fully saturated rings. The zero-order valence-electron chi connectivity index (χ0n) is 20.5. The lowest BCUT2D eigenvalue weighted by molar-refractivity contribution is -0.139. The van der Waals surface area contributed by atoms with Gasteiger partial charge in [0.25, 0.3) is 5.92 Å². The van der Waals surface area contributed by atoms with E-state index in [2.05, 4.69) is 10.3 Å². The minimum atomic E-state index is -2.91. The zero-order chi connectivity index (χ0) is 27.3. The molecule has 4 rings (SSSR count). The van der Waals surface area contributed by atoms with Crippen LogP contribution in [0.4, 0.5) is 13.2 Å². The highest BCUT2D eigenvalue weighted by atomic mass is 35.5. The molecule has 38 heavy (non-hydrogen) atoms. The van der Waals surface area contributed by atoms with Gasteiger partial charge in [-0.15, -0.1) is 11.3 Å². The number of hydrogen-bond acceptors (Lipinski definition) is 9. The Hall–Kier alpha value is -2.41. The third-order valence-corrected chi connectivity index (χ3v) is 8.26. The van der Waals surface area contributed by atoms with Crippen molar-refractivity contribution in [2.45, 2.75) is 37.8 Å². The second kappa shape index (κ2) is 12.6. The largest absolute Gasteiger partial charge is 0.463 e. The van der Waals surface area contributed by atoms with Crippen molar-refractivity contribution in [2.75, 3.05) is 31.2 Å². The Kier molecular flexibility index (Phi) is 9.50. The Balaban J connectivity index is 1.79. The zero-order valence-corrected chi connectivity index (χ0v) is 22.9. The van der Waals surface area contributed by atoms with Gasteiger partial charge in [-0.1, -0.05) is 17.7 Å². The van der Waals surface area contributed by atoms with Crippen molar-refractivity contribution in [3.63, 3.8) is 0 Å². The van der Waals surface area contributed by atoms with E-state index in [1.807, 2.05) is 0 Å². The third-order valence-electron chi connectivity index (χ3n) is 6.16. The van der Waals surface area contributed by atoms with Crippen LogP contribution in [0.5, 0.6) is 0 Å². The first kappa shape index (κ1) is 28.6. The molecule has 0 radical (unpaired) electrons. The number of aldehydes is 1. The van der Waals surface area contributed by atoms with Gasteiger partial charge in [0.05, 0.1) is 18.7 Å². The number of esters is 1. The Bertz CT molecular complexity index is 1230. The first-order chi connectivity index (χ1) is 18.2. The second-order valence-electron chi connectivity index (χ2n) is 8.78. The predicted octanol–water partition coefficient (Wildman–Crippen LogP) is 4.88. The number of amidine groups is 1. The van der Waals surface area contributed by atoms with Crippen LogP contribution in [0.15, 0.2) is 46.0 Å². The summed E-state index contributed by atoms with van der Waals surface area (Å²) in [5.41, 5.74) is 0.803. The van der Waals surface area contributed by atoms with Crippen LogP contribution in [0.25, 0.3) is 0 Å². The van der Waals surface area contributed by atoms with Crippen molar-refractivity contribution >= 4 is 52.8 Å². The lowest BCUT2D eigenvalue weighted by Crippen LogP contribution is -2.52. The molecule has 1 saturated heterocycles. The Morgan fingerprint density at radius 2 is 2.24 bits per heavy atom. The Morgan fingerprint density at radius 3 is 2.92 bits per heavy atom. The SMILES string of the molecule is CCOC(=O)C1=C(CN2CC(F)(F)CCC2CSCC=O)NC(c2nccs2)=N[C@H]1c1ccc(F)cc1Cl. The molecular formula is C25H26ClF3N4O3S2. The molecule has 3 heterocycles. The maximum atomic E-state index is 14.6. The topological polar surface area (TPSA) is 83.9 Å². The number of carbonyl (C=O) groups excluding carboxylic acids is 2. The van der Waals surface area contributed by atoms with Gasteiger partial charge in [0, 0.05) is 58.4 Å². The van der Waals surface area contributed by atoms with Crippen LogP contribution >= 0.6 is 34.7 Å². The minimum absolute atomic E-state index is 0.0320. The standard InChI is InChI=1S/C25H26ClF3N4O3S2/c1-2-36-24(35)20-19(12-33-14-25(28,29)6-5-16(33)13-37-10-8-34)31-22(23-30-7-9-38-23)32-21(20)17-4-3-15(27)11-18(17)26/h3-4,7-9,11,16,21H,2,5-6,10,12-14H2,1H3,(H,31,32)/t16?,21-/m0/s1. The number of benzene rings is 1. The van der Waals surface area contributed by atoms with Crippen LogP contribution in [0.2, 0.25) is 5.02 Å². The van der Waals surface area contributed by atoms with E-state index in [9.17, 15) is 22.8 Å². The molecule has 2 aliphatic rings. The molecule has 2 aliphatic heterocycles. The lowest BCUT2D eigenvalue weighted by Gasteiger charge is -2.40. The maximum Gasteiger partial charge on any atom is 0.338 e. The molecule has 0 spiro atoms. The summed E-state index contributed by atoms with van der Waals surface area (Å²) in [5, 5.41) is 5.49. The summed E-state index contributed by atoms with van der Waals surface area (Å²) in [5.74, 6) is -3.05. The molecule has 1 unspecified atom stereocenters. The number of thiazole rings is 1. The summed E-state index contributed by atoms with van der Waals surface area (Å²) in [6.07, 6.45) is 2.36. The predicted molar refractivity (Wildman–Crippen MR) is 143 cm³/mol. The highest BCUT2D eigenvalue weighted by Crippen LogP contribution is 2.38. The number of aromatic nitrogens is 1. The number of rotatable bonds is 10. The van der Waals surface area contributed by atoms with E-state index in [0.29, 0.717) is 27.9 Å². The molecule has 7 nitrogen and oxygen atoms in total. The Labute approximate surface area is 231 Å². The number of halogens is 4. The van der Waals surface area contributed by atoms with Gasteiger partial charge < -0.3 is 14.8 Å². The van der Waals surface area contributed by atoms with Gasteiger partial charge in [0.1, 0.15) is 18.1 Å². The molecule has 2 atom stereocenters. The molecule has 204 valence electrons. The number of alkyl halides is 2. The first-order valence-corrected chi connectivity index (χ1v) is 14.4. The monoisotopic (exact) mass is 586 g/mol. The summed E-state index contributed by atoms with van der Waals surface area (Å²) in [7, 11) is 0. The number of carbonyl (C=O) groups is 2. The van der Waals surface area contributed by atoms with Crippen LogP contribution in [-0.4, -0.2) is 71.1 Å². The smallest absolute Gasteiger partial charge is 0.338 e. The quantitative estimate of drug-likeness (QED) is 0.241. The average Bonchev–Trinajstić information content (AvgIpc) is 3.40. The van der Waals surface area contributed by atoms with E-state index in [1.54, 1.807) is 23.4 Å². The van der Waals surface area contributed by atoms with Gasteiger partial charge in [-0.05, 0) is 25.5 Å². The summed E-state index contributed by atoms with van der Waals surface area (Å²) in [6.45, 7) is 1.20. The van der Waals surface area contributed by atoms with Gasteiger partial charge in [-0.2, -0.15) is 11.8 Å². The van der Waals surface area contributed by atoms with E-state index in [1.165, 1.54) is 35.2 Å². The normalized spacial score (nSPS) is 21.6. The van der Waals surface area contributed by atoms with Gasteiger partial charge >= 0.3 is 5.97 Å². The van der Waals surface area contributed by atoms with Crippen LogP contribution in [-0.2, 0) is 14.3 Å². The lowest BCUT2D eigenvalue weighted by atomic mass is 9.94. The first-order valence-electron chi connectivity index (χ1n) is 12.0. The summed E-state index contributed by atoms with van der Waals surface area (Å²) in [4.78, 5) is 34.7. The molecule has 1 N–H and O–H groups in total. The molecule has 0 saturated carbocycles. The average molecular weight is 587 g/mol. The summed E-state index contributed by atoms with van der Waals surface area (Å²) < 4.78 is 48.3. The summed E-state index contributed by atoms with van der Waals surface area (Å²) in [6, 6.07) is 2.57. The van der Waals surface area contributed by atoms with Crippen LogP contribution in [0, 0.1) is 5.82 Å². The molecule has 13 heteroatoms. The summed E-state index contributed by atoms with van der Waals surface area (Å²) >= 11 is 9.08. The van der Waals surface area contributed by atoms with Gasteiger partial charge in [-0.3, -0.25) is 9.89 Å². The van der Waals surface area contributed by atoms with Crippen LogP contribution < -0.4 is 5.32 Å². The van der Waals surface area contributed by atoms with Gasteiger partial charge in [-0.25, -0.2) is 22.9 Å². The fourth-order valence-corrected chi connectivity index (χ4v) is 6.20. The number of nitrogens with zero attached hydrogens (tertiary/aromatic N) is 3. The molecular weight excluding hydrogens is 561 g/mol. The Morgan fingerprint density at radius 1 is 1.42 bits per heavy atom. The van der Waals surface area contributed by atoms with Crippen molar-refractivity contribution in [3.05, 3.63) is 62.5 Å². The number of hydrogen-bond donors (Lipinski definition) is 1. The van der Waals surface area contributed by atoms with Crippen LogP contribution in [0.1, 0.15) is 36.4 Å². The molecule has 0 aliphatic carbocycles. The van der Waals surface area contributed by atoms with Crippen molar-refractivity contribution < 1.29 is 27.5 Å². The van der Waals surface area contributed by atoms with E-state index < -0.39 is 30.3 Å². The number of aliphatic imine (C=N–C) groups is 1. The molecule has 0 amide bonds. The van der Waals surface area contributed by atoms with Crippen molar-refractivity contribution in [2.24, 2.45) is 4.99 Å². The maximum absolute atomic E-state index is 14.6. The fourth-order valence-electron chi connectivity index (χ4n) is 4.46. The van der Waals surface area contributed by atoms with Crippen molar-refractivity contribution in [3.8, 4) is 0 Å². The van der Waals surface area contributed by atoms with E-state index in [4.69, 9.17) is 21.3 Å². The van der Waals surface area contributed by atoms with Crippen molar-refractivity contribution in [1.29, 1.82) is 0 Å². The highest BCUT2D eigenvalue weighted by molar-refractivity contribution is 7.99.